The molecule has 2 aliphatic rings. The van der Waals surface area contributed by atoms with Crippen LogP contribution >= 0.6 is 11.8 Å². The molecule has 1 aliphatic carbocycles. The van der Waals surface area contributed by atoms with Crippen LogP contribution in [0.5, 0.6) is 5.75 Å². The molecule has 1 aliphatic heterocycles. The van der Waals surface area contributed by atoms with Gasteiger partial charge in [-0.05, 0) is 66.6 Å². The first-order valence-electron chi connectivity index (χ1n) is 12.1. The molecule has 3 heterocycles. The number of rotatable bonds is 7. The average molecular weight is 520 g/mol. The minimum absolute atomic E-state index is 0.130. The molecule has 190 valence electrons. The zero-order chi connectivity index (χ0) is 26.0. The fourth-order valence-corrected chi connectivity index (χ4v) is 6.73. The van der Waals surface area contributed by atoms with Gasteiger partial charge in [-0.3, -0.25) is 14.4 Å². The third-order valence-electron chi connectivity index (χ3n) is 7.34. The number of ether oxygens (including phenoxy) is 1. The molecule has 3 N–H and O–H groups in total. The Balaban J connectivity index is 1.49. The number of halogens is 2. The standard InChI is InChI=1S/C29H27F2N3O2S/c1-2-12-36-21-14-20-9-11-33-24(27(20)34-16-21)8-6-19-5-7-23(31)22(13-19)28(17-30)10-3-4-26(32)37-29(18-35)15-25(28)29/h1,4-9,11,13-14,16,25,35H,3,10,12,15,17-18,32H2/b8-6+,26-4+/t25-,28-,29+/m0/s1. The molecule has 0 radical (unpaired) electrons. The van der Waals surface area contributed by atoms with Crippen molar-refractivity contribution in [3.63, 3.8) is 0 Å². The third kappa shape index (κ3) is 4.70. The van der Waals surface area contributed by atoms with E-state index in [1.807, 2.05) is 30.4 Å². The van der Waals surface area contributed by atoms with Crippen LogP contribution < -0.4 is 10.5 Å². The number of terminal acetylenes is 1. The first-order valence-corrected chi connectivity index (χ1v) is 12.9. The maximum Gasteiger partial charge on any atom is 0.148 e. The van der Waals surface area contributed by atoms with Crippen molar-refractivity contribution >= 4 is 34.8 Å². The van der Waals surface area contributed by atoms with Crippen LogP contribution in [0.15, 0.2) is 53.8 Å². The van der Waals surface area contributed by atoms with Gasteiger partial charge in [0.1, 0.15) is 18.2 Å². The number of pyridine rings is 2. The summed E-state index contributed by atoms with van der Waals surface area (Å²) < 4.78 is 35.0. The molecule has 0 amide bonds. The fourth-order valence-electron chi connectivity index (χ4n) is 5.37. The number of hydrogen-bond acceptors (Lipinski definition) is 6. The van der Waals surface area contributed by atoms with E-state index < -0.39 is 22.7 Å². The molecule has 1 saturated carbocycles. The Kier molecular flexibility index (Phi) is 6.93. The van der Waals surface area contributed by atoms with Crippen LogP contribution in [-0.2, 0) is 5.41 Å². The molecular weight excluding hydrogens is 492 g/mol. The summed E-state index contributed by atoms with van der Waals surface area (Å²) in [7, 11) is 0. The Labute approximate surface area is 218 Å². The molecule has 0 bridgehead atoms. The van der Waals surface area contributed by atoms with E-state index in [9.17, 15) is 9.50 Å². The summed E-state index contributed by atoms with van der Waals surface area (Å²) in [6.07, 6.45) is 15.6. The molecule has 5 nitrogen and oxygen atoms in total. The van der Waals surface area contributed by atoms with Crippen molar-refractivity contribution < 1.29 is 18.6 Å². The normalized spacial score (nSPS) is 26.5. The molecule has 1 aromatic carbocycles. The van der Waals surface area contributed by atoms with Crippen LogP contribution in [0.25, 0.3) is 23.1 Å². The molecule has 37 heavy (non-hydrogen) atoms. The summed E-state index contributed by atoms with van der Waals surface area (Å²) in [5.41, 5.74) is 7.42. The molecule has 1 fully saturated rings. The second kappa shape index (κ2) is 10.2. The highest BCUT2D eigenvalue weighted by atomic mass is 32.2. The summed E-state index contributed by atoms with van der Waals surface area (Å²) in [5, 5.41) is 11.6. The van der Waals surface area contributed by atoms with Crippen LogP contribution in [0.2, 0.25) is 0 Å². The zero-order valence-electron chi connectivity index (χ0n) is 20.2. The van der Waals surface area contributed by atoms with Crippen LogP contribution in [-0.4, -0.2) is 39.7 Å². The molecule has 0 saturated heterocycles. The average Bonchev–Trinajstić information content (AvgIpc) is 3.62. The van der Waals surface area contributed by atoms with Gasteiger partial charge in [0.15, 0.2) is 0 Å². The SMILES string of the molecule is C#CCOc1cnc2c(/C=C/c3ccc(F)c([C@@]4(CF)CC/C=C(\N)S[C@@]5(CO)C[C@H]54)c3)nccc2c1. The number of aliphatic hydroxyl groups excluding tert-OH is 1. The van der Waals surface area contributed by atoms with E-state index in [1.165, 1.54) is 17.8 Å². The van der Waals surface area contributed by atoms with Crippen LogP contribution in [0.1, 0.15) is 36.1 Å². The minimum atomic E-state index is -1.03. The first-order chi connectivity index (χ1) is 17.9. The van der Waals surface area contributed by atoms with Gasteiger partial charge in [-0.2, -0.15) is 0 Å². The van der Waals surface area contributed by atoms with Gasteiger partial charge in [0.25, 0.3) is 0 Å². The minimum Gasteiger partial charge on any atom is -0.479 e. The predicted molar refractivity (Wildman–Crippen MR) is 144 cm³/mol. The number of thioether (sulfide) groups is 1. The fraction of sp³-hybridized carbons (Fsp3) is 0.310. The van der Waals surface area contributed by atoms with Gasteiger partial charge in [0, 0.05) is 21.7 Å². The lowest BCUT2D eigenvalue weighted by molar-refractivity contribution is 0.216. The smallest absolute Gasteiger partial charge is 0.148 e. The van der Waals surface area contributed by atoms with Gasteiger partial charge in [-0.1, -0.05) is 35.9 Å². The van der Waals surface area contributed by atoms with E-state index in [0.717, 1.165) is 10.9 Å². The molecule has 3 atom stereocenters. The molecule has 8 heteroatoms. The maximum atomic E-state index is 15.3. The number of allylic oxidation sites excluding steroid dienone is 1. The number of alkyl halides is 1. The Morgan fingerprint density at radius 2 is 2.14 bits per heavy atom. The van der Waals surface area contributed by atoms with E-state index in [0.29, 0.717) is 46.8 Å². The Bertz CT molecular complexity index is 1440. The van der Waals surface area contributed by atoms with Crippen molar-refractivity contribution in [3.8, 4) is 18.1 Å². The van der Waals surface area contributed by atoms with Crippen molar-refractivity contribution in [2.75, 3.05) is 19.9 Å². The summed E-state index contributed by atoms with van der Waals surface area (Å²) in [4.78, 5) is 8.91. The number of nitrogens with two attached hydrogens (primary N) is 1. The highest BCUT2D eigenvalue weighted by Gasteiger charge is 2.65. The highest BCUT2D eigenvalue weighted by Crippen LogP contribution is 2.65. The Hall–Kier alpha value is -3.41. The van der Waals surface area contributed by atoms with Crippen molar-refractivity contribution in [1.29, 1.82) is 0 Å². The number of fused-ring (bicyclic) bond motifs is 2. The largest absolute Gasteiger partial charge is 0.479 e. The predicted octanol–water partition coefficient (Wildman–Crippen LogP) is 5.24. The Morgan fingerprint density at radius 1 is 1.27 bits per heavy atom. The van der Waals surface area contributed by atoms with Crippen LogP contribution in [0.4, 0.5) is 8.78 Å². The number of nitrogens with zero attached hydrogens (tertiary/aromatic N) is 2. The van der Waals surface area contributed by atoms with Gasteiger partial charge in [-0.25, -0.2) is 4.39 Å². The van der Waals surface area contributed by atoms with Crippen LogP contribution in [0, 0.1) is 24.1 Å². The lowest BCUT2D eigenvalue weighted by atomic mass is 9.72. The summed E-state index contributed by atoms with van der Waals surface area (Å²) in [5.74, 6) is 2.34. The molecular formula is C29H27F2N3O2S. The second-order valence-electron chi connectivity index (χ2n) is 9.52. The van der Waals surface area contributed by atoms with Crippen molar-refractivity contribution in [2.45, 2.75) is 29.4 Å². The maximum absolute atomic E-state index is 15.3. The molecule has 2 aromatic heterocycles. The highest BCUT2D eigenvalue weighted by molar-refractivity contribution is 8.04. The Morgan fingerprint density at radius 3 is 2.92 bits per heavy atom. The quantitative estimate of drug-likeness (QED) is 0.416. The van der Waals surface area contributed by atoms with Crippen molar-refractivity contribution in [1.82, 2.24) is 9.97 Å². The molecule has 3 aromatic rings. The van der Waals surface area contributed by atoms with E-state index in [1.54, 1.807) is 24.5 Å². The number of aliphatic hydroxyl groups is 1. The molecule has 0 spiro atoms. The van der Waals surface area contributed by atoms with Gasteiger partial charge in [0.05, 0.1) is 35.7 Å². The van der Waals surface area contributed by atoms with Gasteiger partial charge >= 0.3 is 0 Å². The lowest BCUT2D eigenvalue weighted by Gasteiger charge is -2.36. The van der Waals surface area contributed by atoms with Gasteiger partial charge in [0.2, 0.25) is 0 Å². The number of aromatic nitrogens is 2. The summed E-state index contributed by atoms with van der Waals surface area (Å²) in [6, 6.07) is 8.44. The summed E-state index contributed by atoms with van der Waals surface area (Å²) in [6.45, 7) is -0.688. The van der Waals surface area contributed by atoms with E-state index in [4.69, 9.17) is 16.9 Å². The topological polar surface area (TPSA) is 81.3 Å². The van der Waals surface area contributed by atoms with Crippen molar-refractivity contribution in [3.05, 3.63) is 76.5 Å². The van der Waals surface area contributed by atoms with Gasteiger partial charge < -0.3 is 15.6 Å². The molecule has 5 rings (SSSR count). The van der Waals surface area contributed by atoms with E-state index in [2.05, 4.69) is 15.9 Å². The third-order valence-corrected chi connectivity index (χ3v) is 8.73. The van der Waals surface area contributed by atoms with E-state index in [-0.39, 0.29) is 19.1 Å². The van der Waals surface area contributed by atoms with Gasteiger partial charge in [-0.15, -0.1) is 6.42 Å². The second-order valence-corrected chi connectivity index (χ2v) is 11.0. The summed E-state index contributed by atoms with van der Waals surface area (Å²) >= 11 is 1.39. The number of hydrogen-bond donors (Lipinski definition) is 2. The zero-order valence-corrected chi connectivity index (χ0v) is 21.0. The van der Waals surface area contributed by atoms with Crippen molar-refractivity contribution in [2.24, 2.45) is 11.7 Å². The molecule has 0 unspecified atom stereocenters. The monoisotopic (exact) mass is 519 g/mol. The van der Waals surface area contributed by atoms with Crippen LogP contribution in [0.3, 0.4) is 0 Å². The van der Waals surface area contributed by atoms with E-state index >= 15 is 4.39 Å². The lowest BCUT2D eigenvalue weighted by Crippen LogP contribution is -2.38. The number of benzene rings is 1. The first kappa shape index (κ1) is 25.2.